The van der Waals surface area contributed by atoms with Crippen molar-refractivity contribution in [2.75, 3.05) is 12.4 Å². The van der Waals surface area contributed by atoms with Crippen LogP contribution in [0.3, 0.4) is 0 Å². The standard InChI is InChI=1S/C13H20N2O/c1-9-4-5-11(6-9)15-12-7-10(2)14-8-13(12)16-3/h7-9,11H,4-6H2,1-3H3,(H,14,15). The Balaban J connectivity index is 2.10. The van der Waals surface area contributed by atoms with Gasteiger partial charge in [0.2, 0.25) is 0 Å². The van der Waals surface area contributed by atoms with Gasteiger partial charge in [-0.2, -0.15) is 0 Å². The summed E-state index contributed by atoms with van der Waals surface area (Å²) in [6, 6.07) is 2.65. The van der Waals surface area contributed by atoms with Crippen molar-refractivity contribution < 1.29 is 4.74 Å². The summed E-state index contributed by atoms with van der Waals surface area (Å²) in [4.78, 5) is 4.24. The largest absolute Gasteiger partial charge is 0.493 e. The maximum Gasteiger partial charge on any atom is 0.160 e. The van der Waals surface area contributed by atoms with Crippen LogP contribution in [0.15, 0.2) is 12.3 Å². The number of rotatable bonds is 3. The van der Waals surface area contributed by atoms with Gasteiger partial charge in [0.15, 0.2) is 5.75 Å². The van der Waals surface area contributed by atoms with E-state index in [0.29, 0.717) is 6.04 Å². The zero-order valence-electron chi connectivity index (χ0n) is 10.3. The van der Waals surface area contributed by atoms with Gasteiger partial charge in [0, 0.05) is 11.7 Å². The summed E-state index contributed by atoms with van der Waals surface area (Å²) in [6.07, 6.45) is 5.62. The Hall–Kier alpha value is -1.25. The number of aryl methyl sites for hydroxylation is 1. The Morgan fingerprint density at radius 3 is 2.88 bits per heavy atom. The van der Waals surface area contributed by atoms with Crippen LogP contribution in [0.4, 0.5) is 5.69 Å². The summed E-state index contributed by atoms with van der Waals surface area (Å²) in [7, 11) is 1.69. The summed E-state index contributed by atoms with van der Waals surface area (Å²) < 4.78 is 5.31. The second kappa shape index (κ2) is 4.73. The lowest BCUT2D eigenvalue weighted by atomic mass is 10.1. The van der Waals surface area contributed by atoms with Crippen molar-refractivity contribution in [1.29, 1.82) is 0 Å². The summed E-state index contributed by atoms with van der Waals surface area (Å²) in [5, 5.41) is 3.57. The topological polar surface area (TPSA) is 34.1 Å². The minimum Gasteiger partial charge on any atom is -0.493 e. The number of anilines is 1. The molecule has 1 aliphatic carbocycles. The van der Waals surface area contributed by atoms with Crippen molar-refractivity contribution in [3.63, 3.8) is 0 Å². The van der Waals surface area contributed by atoms with E-state index < -0.39 is 0 Å². The summed E-state index contributed by atoms with van der Waals surface area (Å²) >= 11 is 0. The monoisotopic (exact) mass is 220 g/mol. The van der Waals surface area contributed by atoms with Gasteiger partial charge in [0.1, 0.15) is 0 Å². The van der Waals surface area contributed by atoms with E-state index in [4.69, 9.17) is 4.74 Å². The van der Waals surface area contributed by atoms with Crippen LogP contribution in [-0.2, 0) is 0 Å². The first-order valence-corrected chi connectivity index (χ1v) is 5.96. The Bertz CT molecular complexity index is 365. The lowest BCUT2D eigenvalue weighted by Crippen LogP contribution is -2.16. The van der Waals surface area contributed by atoms with Crippen LogP contribution in [0.2, 0.25) is 0 Å². The van der Waals surface area contributed by atoms with Crippen molar-refractivity contribution in [3.05, 3.63) is 18.0 Å². The molecule has 0 spiro atoms. The quantitative estimate of drug-likeness (QED) is 0.850. The molecule has 3 nitrogen and oxygen atoms in total. The third kappa shape index (κ3) is 2.46. The Labute approximate surface area is 97.2 Å². The molecule has 1 fully saturated rings. The molecule has 1 aromatic rings. The van der Waals surface area contributed by atoms with Gasteiger partial charge in [-0.1, -0.05) is 6.92 Å². The molecule has 0 saturated heterocycles. The number of nitrogens with one attached hydrogen (secondary N) is 1. The molecule has 1 heterocycles. The zero-order chi connectivity index (χ0) is 11.5. The van der Waals surface area contributed by atoms with Crippen LogP contribution < -0.4 is 10.1 Å². The lowest BCUT2D eigenvalue weighted by molar-refractivity contribution is 0.413. The number of pyridine rings is 1. The minimum atomic E-state index is 0.589. The van der Waals surface area contributed by atoms with E-state index in [-0.39, 0.29) is 0 Å². The normalized spacial score (nSPS) is 24.4. The predicted molar refractivity (Wildman–Crippen MR) is 66.0 cm³/mol. The SMILES string of the molecule is COc1cnc(C)cc1NC1CCC(C)C1. The highest BCUT2D eigenvalue weighted by molar-refractivity contribution is 5.56. The van der Waals surface area contributed by atoms with Crippen molar-refractivity contribution in [1.82, 2.24) is 4.98 Å². The first-order chi connectivity index (χ1) is 7.69. The zero-order valence-corrected chi connectivity index (χ0v) is 10.3. The fourth-order valence-corrected chi connectivity index (χ4v) is 2.38. The van der Waals surface area contributed by atoms with Crippen LogP contribution in [0.1, 0.15) is 31.9 Å². The Kier molecular flexibility index (Phi) is 3.32. The highest BCUT2D eigenvalue weighted by Crippen LogP contribution is 2.31. The molecule has 88 valence electrons. The molecule has 0 radical (unpaired) electrons. The van der Waals surface area contributed by atoms with E-state index in [1.807, 2.05) is 6.92 Å². The molecular weight excluding hydrogens is 200 g/mol. The lowest BCUT2D eigenvalue weighted by Gasteiger charge is -2.16. The van der Waals surface area contributed by atoms with E-state index >= 15 is 0 Å². The van der Waals surface area contributed by atoms with Crippen LogP contribution >= 0.6 is 0 Å². The first kappa shape index (κ1) is 11.2. The molecule has 1 N–H and O–H groups in total. The average Bonchev–Trinajstić information content (AvgIpc) is 2.64. The minimum absolute atomic E-state index is 0.589. The van der Waals surface area contributed by atoms with Gasteiger partial charge in [-0.25, -0.2) is 0 Å². The summed E-state index contributed by atoms with van der Waals surface area (Å²) in [5.74, 6) is 1.68. The molecular formula is C13H20N2O. The molecule has 3 heteroatoms. The summed E-state index contributed by atoms with van der Waals surface area (Å²) in [6.45, 7) is 4.32. The fourth-order valence-electron chi connectivity index (χ4n) is 2.38. The van der Waals surface area contributed by atoms with Crippen molar-refractivity contribution >= 4 is 5.69 Å². The van der Waals surface area contributed by atoms with Gasteiger partial charge in [-0.05, 0) is 38.2 Å². The molecule has 0 bridgehead atoms. The first-order valence-electron chi connectivity index (χ1n) is 5.96. The van der Waals surface area contributed by atoms with Crippen molar-refractivity contribution in [2.45, 2.75) is 39.2 Å². The van der Waals surface area contributed by atoms with Crippen LogP contribution in [0.5, 0.6) is 5.75 Å². The fraction of sp³-hybridized carbons (Fsp3) is 0.615. The number of hydrogen-bond acceptors (Lipinski definition) is 3. The van der Waals surface area contributed by atoms with Crippen LogP contribution in [-0.4, -0.2) is 18.1 Å². The third-order valence-electron chi connectivity index (χ3n) is 3.28. The Morgan fingerprint density at radius 1 is 1.44 bits per heavy atom. The van der Waals surface area contributed by atoms with Crippen molar-refractivity contribution in [3.8, 4) is 5.75 Å². The molecule has 0 aliphatic heterocycles. The molecule has 2 atom stereocenters. The van der Waals surface area contributed by atoms with Gasteiger partial charge in [0.25, 0.3) is 0 Å². The smallest absolute Gasteiger partial charge is 0.160 e. The van der Waals surface area contributed by atoms with E-state index in [2.05, 4.69) is 23.3 Å². The van der Waals surface area contributed by atoms with Gasteiger partial charge in [-0.3, -0.25) is 4.98 Å². The van der Waals surface area contributed by atoms with Gasteiger partial charge in [-0.15, -0.1) is 0 Å². The molecule has 1 aromatic heterocycles. The van der Waals surface area contributed by atoms with E-state index in [1.54, 1.807) is 13.3 Å². The number of nitrogens with zero attached hydrogens (tertiary/aromatic N) is 1. The van der Waals surface area contributed by atoms with Gasteiger partial charge < -0.3 is 10.1 Å². The maximum absolute atomic E-state index is 5.31. The van der Waals surface area contributed by atoms with Crippen LogP contribution in [0.25, 0.3) is 0 Å². The number of hydrogen-bond donors (Lipinski definition) is 1. The molecule has 0 amide bonds. The average molecular weight is 220 g/mol. The predicted octanol–water partition coefficient (Wildman–Crippen LogP) is 3.00. The molecule has 2 unspecified atom stereocenters. The van der Waals surface area contributed by atoms with E-state index in [1.165, 1.54) is 19.3 Å². The van der Waals surface area contributed by atoms with Crippen molar-refractivity contribution in [2.24, 2.45) is 5.92 Å². The number of ether oxygens (including phenoxy) is 1. The van der Waals surface area contributed by atoms with Crippen LogP contribution in [0, 0.1) is 12.8 Å². The molecule has 2 rings (SSSR count). The highest BCUT2D eigenvalue weighted by atomic mass is 16.5. The molecule has 1 saturated carbocycles. The maximum atomic E-state index is 5.31. The Morgan fingerprint density at radius 2 is 2.25 bits per heavy atom. The van der Waals surface area contributed by atoms with Gasteiger partial charge in [0.05, 0.1) is 19.0 Å². The number of aromatic nitrogens is 1. The third-order valence-corrected chi connectivity index (χ3v) is 3.28. The second-order valence-electron chi connectivity index (χ2n) is 4.79. The second-order valence-corrected chi connectivity index (χ2v) is 4.79. The van der Waals surface area contributed by atoms with Gasteiger partial charge >= 0.3 is 0 Å². The molecule has 0 aromatic carbocycles. The van der Waals surface area contributed by atoms with E-state index in [9.17, 15) is 0 Å². The highest BCUT2D eigenvalue weighted by Gasteiger charge is 2.21. The molecule has 1 aliphatic rings. The number of methoxy groups -OCH3 is 1. The summed E-state index contributed by atoms with van der Waals surface area (Å²) in [5.41, 5.74) is 2.10. The molecule has 16 heavy (non-hydrogen) atoms. The van der Waals surface area contributed by atoms with E-state index in [0.717, 1.165) is 23.0 Å².